The Bertz CT molecular complexity index is 686. The first-order valence-corrected chi connectivity index (χ1v) is 7.42. The van der Waals surface area contributed by atoms with Gasteiger partial charge in [0.25, 0.3) is 0 Å². The first kappa shape index (κ1) is 16.0. The average Bonchev–Trinajstić information content (AvgIpc) is 2.48. The van der Waals surface area contributed by atoms with Gasteiger partial charge in [-0.1, -0.05) is 24.3 Å². The molecule has 0 spiro atoms. The van der Waals surface area contributed by atoms with Gasteiger partial charge in [-0.05, 0) is 55.9 Å². The third-order valence-corrected chi connectivity index (χ3v) is 3.15. The zero-order valence-corrected chi connectivity index (χ0v) is 13.4. The molecule has 2 N–H and O–H groups in total. The monoisotopic (exact) mass is 314 g/mol. The molecule has 0 aliphatic rings. The van der Waals surface area contributed by atoms with Crippen LogP contribution in [0.4, 0.5) is 11.4 Å². The molecular formula is C17H18N2O2S. The van der Waals surface area contributed by atoms with Crippen LogP contribution >= 0.6 is 12.2 Å². The van der Waals surface area contributed by atoms with Crippen LogP contribution in [0, 0.1) is 6.92 Å². The summed E-state index contributed by atoms with van der Waals surface area (Å²) >= 11 is 5.30. The number of nitrogens with one attached hydrogen (secondary N) is 2. The fraction of sp³-hybridized carbons (Fsp3) is 0.176. The van der Waals surface area contributed by atoms with Gasteiger partial charge in [-0.15, -0.1) is 0 Å². The van der Waals surface area contributed by atoms with E-state index in [0.717, 1.165) is 11.3 Å². The zero-order chi connectivity index (χ0) is 15.9. The predicted molar refractivity (Wildman–Crippen MR) is 93.4 cm³/mol. The zero-order valence-electron chi connectivity index (χ0n) is 12.6. The Kier molecular flexibility index (Phi) is 5.49. The minimum absolute atomic E-state index is 0.332. The van der Waals surface area contributed by atoms with Crippen LogP contribution in [0.3, 0.4) is 0 Å². The fourth-order valence-electron chi connectivity index (χ4n) is 1.99. The smallest absolute Gasteiger partial charge is 0.340 e. The molecule has 5 heteroatoms. The molecule has 2 aromatic carbocycles. The largest absolute Gasteiger partial charge is 0.462 e. The van der Waals surface area contributed by atoms with Crippen LogP contribution in [0.2, 0.25) is 0 Å². The molecule has 0 fully saturated rings. The normalized spacial score (nSPS) is 9.91. The van der Waals surface area contributed by atoms with Gasteiger partial charge in [0.05, 0.1) is 17.9 Å². The van der Waals surface area contributed by atoms with E-state index in [9.17, 15) is 4.79 Å². The summed E-state index contributed by atoms with van der Waals surface area (Å²) in [5.74, 6) is -0.371. The second kappa shape index (κ2) is 7.56. The lowest BCUT2D eigenvalue weighted by Gasteiger charge is -2.13. The summed E-state index contributed by atoms with van der Waals surface area (Å²) < 4.78 is 5.04. The molecule has 0 unspecified atom stereocenters. The van der Waals surface area contributed by atoms with Gasteiger partial charge in [-0.3, -0.25) is 0 Å². The van der Waals surface area contributed by atoms with Gasteiger partial charge in [0, 0.05) is 5.69 Å². The summed E-state index contributed by atoms with van der Waals surface area (Å²) in [6, 6.07) is 15.0. The van der Waals surface area contributed by atoms with Crippen molar-refractivity contribution in [3.05, 3.63) is 59.7 Å². The highest BCUT2D eigenvalue weighted by molar-refractivity contribution is 7.80. The lowest BCUT2D eigenvalue weighted by molar-refractivity contribution is 0.0527. The minimum atomic E-state index is -0.371. The van der Waals surface area contributed by atoms with E-state index in [1.807, 2.05) is 37.3 Å². The van der Waals surface area contributed by atoms with Gasteiger partial charge < -0.3 is 15.4 Å². The van der Waals surface area contributed by atoms with E-state index >= 15 is 0 Å². The molecule has 2 rings (SSSR count). The Hall–Kier alpha value is -2.40. The van der Waals surface area contributed by atoms with Gasteiger partial charge in [-0.2, -0.15) is 0 Å². The van der Waals surface area contributed by atoms with Crippen molar-refractivity contribution in [2.24, 2.45) is 0 Å². The molecule has 0 aliphatic carbocycles. The molecular weight excluding hydrogens is 296 g/mol. The lowest BCUT2D eigenvalue weighted by Crippen LogP contribution is -2.21. The van der Waals surface area contributed by atoms with Crippen molar-refractivity contribution in [3.63, 3.8) is 0 Å². The van der Waals surface area contributed by atoms with E-state index in [4.69, 9.17) is 17.0 Å². The Morgan fingerprint density at radius 3 is 2.64 bits per heavy atom. The second-order valence-corrected chi connectivity index (χ2v) is 5.12. The van der Waals surface area contributed by atoms with Gasteiger partial charge in [0.2, 0.25) is 0 Å². The number of hydrogen-bond donors (Lipinski definition) is 2. The van der Waals surface area contributed by atoms with Crippen molar-refractivity contribution in [2.45, 2.75) is 13.8 Å². The molecule has 0 aliphatic heterocycles. The van der Waals surface area contributed by atoms with E-state index in [0.29, 0.717) is 23.0 Å². The maximum absolute atomic E-state index is 11.9. The molecule has 0 saturated heterocycles. The number of ether oxygens (including phenoxy) is 1. The fourth-order valence-corrected chi connectivity index (χ4v) is 2.21. The topological polar surface area (TPSA) is 50.4 Å². The highest BCUT2D eigenvalue weighted by atomic mass is 32.1. The van der Waals surface area contributed by atoms with E-state index in [1.54, 1.807) is 25.1 Å². The van der Waals surface area contributed by atoms with Crippen molar-refractivity contribution in [3.8, 4) is 0 Å². The minimum Gasteiger partial charge on any atom is -0.462 e. The third-order valence-electron chi connectivity index (χ3n) is 2.95. The number of benzene rings is 2. The molecule has 0 radical (unpaired) electrons. The number of carbonyl (C=O) groups excluding carboxylic acids is 1. The number of hydrogen-bond acceptors (Lipinski definition) is 3. The Balaban J connectivity index is 2.10. The maximum Gasteiger partial charge on any atom is 0.340 e. The van der Waals surface area contributed by atoms with Crippen molar-refractivity contribution in [2.75, 3.05) is 17.2 Å². The molecule has 0 aromatic heterocycles. The van der Waals surface area contributed by atoms with Crippen LogP contribution in [0.5, 0.6) is 0 Å². The van der Waals surface area contributed by atoms with Gasteiger partial charge in [0.1, 0.15) is 0 Å². The summed E-state index contributed by atoms with van der Waals surface area (Å²) in [7, 11) is 0. The first-order valence-electron chi connectivity index (χ1n) is 7.01. The number of para-hydroxylation sites is 1. The van der Waals surface area contributed by atoms with Crippen molar-refractivity contribution in [1.29, 1.82) is 0 Å². The third kappa shape index (κ3) is 4.30. The average molecular weight is 314 g/mol. The van der Waals surface area contributed by atoms with Crippen molar-refractivity contribution in [1.82, 2.24) is 0 Å². The van der Waals surface area contributed by atoms with Gasteiger partial charge in [0.15, 0.2) is 5.11 Å². The quantitative estimate of drug-likeness (QED) is 0.660. The number of anilines is 2. The van der Waals surface area contributed by atoms with Crippen LogP contribution in [-0.2, 0) is 4.74 Å². The van der Waals surface area contributed by atoms with Crippen LogP contribution in [0.25, 0.3) is 0 Å². The van der Waals surface area contributed by atoms with Crippen LogP contribution in [0.1, 0.15) is 22.8 Å². The van der Waals surface area contributed by atoms with Crippen LogP contribution in [-0.4, -0.2) is 17.7 Å². The second-order valence-electron chi connectivity index (χ2n) is 4.71. The number of aryl methyl sites for hydroxylation is 1. The first-order chi connectivity index (χ1) is 10.6. The number of carbonyl (C=O) groups is 1. The summed E-state index contributed by atoms with van der Waals surface area (Å²) in [6.45, 7) is 4.12. The van der Waals surface area contributed by atoms with Crippen LogP contribution in [0.15, 0.2) is 48.5 Å². The molecule has 0 amide bonds. The summed E-state index contributed by atoms with van der Waals surface area (Å²) in [4.78, 5) is 11.9. The van der Waals surface area contributed by atoms with E-state index in [1.165, 1.54) is 0 Å². The predicted octanol–water partition coefficient (Wildman–Crippen LogP) is 3.98. The molecule has 0 bridgehead atoms. The molecule has 0 saturated carbocycles. The summed E-state index contributed by atoms with van der Waals surface area (Å²) in [5, 5.41) is 6.55. The highest BCUT2D eigenvalue weighted by Crippen LogP contribution is 2.17. The van der Waals surface area contributed by atoms with Gasteiger partial charge in [-0.25, -0.2) is 4.79 Å². The lowest BCUT2D eigenvalue weighted by atomic mass is 10.2. The summed E-state index contributed by atoms with van der Waals surface area (Å²) in [6.07, 6.45) is 0. The Labute approximate surface area is 135 Å². The Morgan fingerprint density at radius 1 is 1.14 bits per heavy atom. The number of esters is 1. The van der Waals surface area contributed by atoms with Gasteiger partial charge >= 0.3 is 5.97 Å². The molecule has 22 heavy (non-hydrogen) atoms. The van der Waals surface area contributed by atoms with E-state index in [2.05, 4.69) is 10.6 Å². The molecule has 114 valence electrons. The standard InChI is InChI=1S/C17H18N2O2S/c1-3-21-16(20)14-9-4-5-10-15(14)19-17(22)18-13-8-6-7-12(2)11-13/h4-11H,3H2,1-2H3,(H2,18,19,22). The van der Waals surface area contributed by atoms with E-state index < -0.39 is 0 Å². The Morgan fingerprint density at radius 2 is 1.91 bits per heavy atom. The SMILES string of the molecule is CCOC(=O)c1ccccc1NC(=S)Nc1cccc(C)c1. The molecule has 4 nitrogen and oxygen atoms in total. The highest BCUT2D eigenvalue weighted by Gasteiger charge is 2.12. The number of rotatable bonds is 4. The van der Waals surface area contributed by atoms with Crippen molar-refractivity contribution >= 4 is 34.7 Å². The molecule has 0 heterocycles. The maximum atomic E-state index is 11.9. The number of thiocarbonyl (C=S) groups is 1. The van der Waals surface area contributed by atoms with E-state index in [-0.39, 0.29) is 5.97 Å². The van der Waals surface area contributed by atoms with Crippen molar-refractivity contribution < 1.29 is 9.53 Å². The molecule has 0 atom stereocenters. The molecule has 2 aromatic rings. The summed E-state index contributed by atoms with van der Waals surface area (Å²) in [5.41, 5.74) is 3.11. The van der Waals surface area contributed by atoms with Crippen LogP contribution < -0.4 is 10.6 Å².